The third-order valence-electron chi connectivity index (χ3n) is 3.72. The molecule has 0 aliphatic carbocycles. The Labute approximate surface area is 152 Å². The molecule has 27 heavy (non-hydrogen) atoms. The number of nitro groups is 1. The van der Waals surface area contributed by atoms with Gasteiger partial charge in [-0.1, -0.05) is 18.2 Å². The van der Waals surface area contributed by atoms with Crippen LogP contribution in [0.5, 0.6) is 0 Å². The Balaban J connectivity index is 1.97. The summed E-state index contributed by atoms with van der Waals surface area (Å²) >= 11 is 0. The Morgan fingerprint density at radius 1 is 1.19 bits per heavy atom. The number of halogens is 1. The summed E-state index contributed by atoms with van der Waals surface area (Å²) in [6.07, 6.45) is 0. The van der Waals surface area contributed by atoms with Crippen molar-refractivity contribution in [1.29, 1.82) is 0 Å². The Bertz CT molecular complexity index is 1100. The number of nitrogens with one attached hydrogen (secondary N) is 1. The predicted octanol–water partition coefficient (Wildman–Crippen LogP) is 2.84. The highest BCUT2D eigenvalue weighted by molar-refractivity contribution is 6.02. The lowest BCUT2D eigenvalue weighted by molar-refractivity contribution is -0.387. The number of amides is 1. The van der Waals surface area contributed by atoms with E-state index in [1.54, 1.807) is 31.2 Å². The van der Waals surface area contributed by atoms with Gasteiger partial charge in [0.05, 0.1) is 10.6 Å². The van der Waals surface area contributed by atoms with Gasteiger partial charge in [0.2, 0.25) is 11.2 Å². The Morgan fingerprint density at radius 2 is 1.89 bits per heavy atom. The fourth-order valence-corrected chi connectivity index (χ4v) is 2.46. The van der Waals surface area contributed by atoms with Gasteiger partial charge >= 0.3 is 5.69 Å². The van der Waals surface area contributed by atoms with E-state index in [-0.39, 0.29) is 5.69 Å². The number of nitro benzene ring substituents is 1. The lowest BCUT2D eigenvalue weighted by Crippen LogP contribution is -2.26. The molecular formula is C18H13FN4O4. The second kappa shape index (κ2) is 7.16. The van der Waals surface area contributed by atoms with Crippen LogP contribution in [-0.2, 0) is 0 Å². The maximum atomic E-state index is 13.4. The number of para-hydroxylation sites is 1. The van der Waals surface area contributed by atoms with Gasteiger partial charge in [-0.25, -0.2) is 4.68 Å². The van der Waals surface area contributed by atoms with E-state index in [4.69, 9.17) is 0 Å². The first-order valence-corrected chi connectivity index (χ1v) is 7.78. The molecule has 1 N–H and O–H groups in total. The summed E-state index contributed by atoms with van der Waals surface area (Å²) in [6, 6.07) is 13.1. The van der Waals surface area contributed by atoms with E-state index < -0.39 is 33.5 Å². The molecule has 3 rings (SSSR count). The lowest BCUT2D eigenvalue weighted by Gasteiger charge is -2.11. The zero-order valence-corrected chi connectivity index (χ0v) is 14.0. The average Bonchev–Trinajstić information content (AvgIpc) is 2.63. The third kappa shape index (κ3) is 3.71. The van der Waals surface area contributed by atoms with Crippen LogP contribution in [0.4, 0.5) is 15.8 Å². The van der Waals surface area contributed by atoms with Crippen LogP contribution < -0.4 is 10.7 Å². The lowest BCUT2D eigenvalue weighted by atomic mass is 10.2. The molecule has 0 atom stereocenters. The van der Waals surface area contributed by atoms with Gasteiger partial charge in [-0.3, -0.25) is 19.7 Å². The Kier molecular flexibility index (Phi) is 4.75. The van der Waals surface area contributed by atoms with Crippen LogP contribution in [0.1, 0.15) is 16.2 Å². The van der Waals surface area contributed by atoms with Crippen molar-refractivity contribution >= 4 is 17.3 Å². The summed E-state index contributed by atoms with van der Waals surface area (Å²) in [5.74, 6) is -1.89. The van der Waals surface area contributed by atoms with Crippen LogP contribution in [0.15, 0.2) is 59.4 Å². The molecule has 1 heterocycles. The van der Waals surface area contributed by atoms with Gasteiger partial charge in [-0.05, 0) is 31.2 Å². The number of benzene rings is 2. The predicted molar refractivity (Wildman–Crippen MR) is 95.6 cm³/mol. The summed E-state index contributed by atoms with van der Waals surface area (Å²) < 4.78 is 14.8. The summed E-state index contributed by atoms with van der Waals surface area (Å²) in [7, 11) is 0. The molecule has 0 aliphatic rings. The molecule has 0 saturated heterocycles. The number of carbonyl (C=O) groups excluding carboxylic acids is 1. The molecule has 3 aromatic rings. The first-order valence-electron chi connectivity index (χ1n) is 7.78. The molecular weight excluding hydrogens is 355 g/mol. The Hall–Kier alpha value is -3.88. The van der Waals surface area contributed by atoms with Crippen molar-refractivity contribution in [3.05, 3.63) is 92.1 Å². The van der Waals surface area contributed by atoms with Crippen LogP contribution in [-0.4, -0.2) is 20.6 Å². The molecule has 1 amide bonds. The summed E-state index contributed by atoms with van der Waals surface area (Å²) in [6.45, 7) is 1.67. The first kappa shape index (κ1) is 17.9. The SMILES string of the molecule is Cc1cc(=O)c(C(=O)Nc2ccc(F)c([N+](=O)[O-])c2)nn1-c1ccccc1. The molecule has 0 fully saturated rings. The van der Waals surface area contributed by atoms with Crippen molar-refractivity contribution < 1.29 is 14.1 Å². The van der Waals surface area contributed by atoms with Gasteiger partial charge in [0.15, 0.2) is 5.69 Å². The number of aryl methyl sites for hydroxylation is 1. The molecule has 9 heteroatoms. The molecule has 8 nitrogen and oxygen atoms in total. The number of nitrogens with zero attached hydrogens (tertiary/aromatic N) is 3. The maximum Gasteiger partial charge on any atom is 0.306 e. The van der Waals surface area contributed by atoms with Gasteiger partial charge in [0, 0.05) is 23.5 Å². The smallest absolute Gasteiger partial charge is 0.306 e. The minimum atomic E-state index is -1.03. The van der Waals surface area contributed by atoms with Crippen LogP contribution in [0.25, 0.3) is 5.69 Å². The largest absolute Gasteiger partial charge is 0.320 e. The quantitative estimate of drug-likeness (QED) is 0.563. The number of anilines is 1. The molecule has 0 unspecified atom stereocenters. The first-order chi connectivity index (χ1) is 12.9. The fraction of sp³-hybridized carbons (Fsp3) is 0.0556. The van der Waals surface area contributed by atoms with Crippen molar-refractivity contribution in [1.82, 2.24) is 9.78 Å². The minimum absolute atomic E-state index is 0.0267. The van der Waals surface area contributed by atoms with Gasteiger partial charge in [0.25, 0.3) is 5.91 Å². The van der Waals surface area contributed by atoms with Crippen molar-refractivity contribution in [3.63, 3.8) is 0 Å². The van der Waals surface area contributed by atoms with Crippen LogP contribution >= 0.6 is 0 Å². The standard InChI is InChI=1S/C18H13FN4O4/c1-11-9-16(24)17(21-22(11)13-5-3-2-4-6-13)18(25)20-12-7-8-14(19)15(10-12)23(26)27/h2-10H,1H3,(H,20,25). The van der Waals surface area contributed by atoms with Crippen molar-refractivity contribution in [3.8, 4) is 5.69 Å². The molecule has 0 aliphatic heterocycles. The monoisotopic (exact) mass is 368 g/mol. The van der Waals surface area contributed by atoms with Crippen molar-refractivity contribution in [2.45, 2.75) is 6.92 Å². The number of hydrogen-bond acceptors (Lipinski definition) is 5. The molecule has 0 spiro atoms. The maximum absolute atomic E-state index is 13.4. The van der Waals surface area contributed by atoms with E-state index in [0.29, 0.717) is 11.4 Å². The number of rotatable bonds is 4. The molecule has 0 saturated carbocycles. The van der Waals surface area contributed by atoms with E-state index in [0.717, 1.165) is 18.2 Å². The second-order valence-electron chi connectivity index (χ2n) is 5.62. The minimum Gasteiger partial charge on any atom is -0.320 e. The van der Waals surface area contributed by atoms with E-state index in [2.05, 4.69) is 10.4 Å². The van der Waals surface area contributed by atoms with E-state index in [1.165, 1.54) is 10.7 Å². The number of aromatic nitrogens is 2. The van der Waals surface area contributed by atoms with E-state index >= 15 is 0 Å². The molecule has 0 radical (unpaired) electrons. The second-order valence-corrected chi connectivity index (χ2v) is 5.62. The highest BCUT2D eigenvalue weighted by atomic mass is 19.1. The van der Waals surface area contributed by atoms with Gasteiger partial charge < -0.3 is 5.32 Å². The van der Waals surface area contributed by atoms with Gasteiger partial charge in [0.1, 0.15) is 0 Å². The number of carbonyl (C=O) groups is 1. The average molecular weight is 368 g/mol. The number of hydrogen-bond donors (Lipinski definition) is 1. The Morgan fingerprint density at radius 3 is 2.56 bits per heavy atom. The van der Waals surface area contributed by atoms with Gasteiger partial charge in [-0.2, -0.15) is 9.49 Å². The summed E-state index contributed by atoms with van der Waals surface area (Å²) in [5, 5.41) is 17.2. The molecule has 136 valence electrons. The normalized spacial score (nSPS) is 10.4. The van der Waals surface area contributed by atoms with E-state index in [9.17, 15) is 24.1 Å². The zero-order chi connectivity index (χ0) is 19.6. The molecule has 2 aromatic carbocycles. The fourth-order valence-electron chi connectivity index (χ4n) is 2.46. The highest BCUT2D eigenvalue weighted by Crippen LogP contribution is 2.21. The van der Waals surface area contributed by atoms with Gasteiger partial charge in [-0.15, -0.1) is 0 Å². The summed E-state index contributed by atoms with van der Waals surface area (Å²) in [4.78, 5) is 34.5. The van der Waals surface area contributed by atoms with Crippen LogP contribution in [0.3, 0.4) is 0 Å². The van der Waals surface area contributed by atoms with Crippen molar-refractivity contribution in [2.24, 2.45) is 0 Å². The van der Waals surface area contributed by atoms with Crippen LogP contribution in [0.2, 0.25) is 0 Å². The zero-order valence-electron chi connectivity index (χ0n) is 14.0. The van der Waals surface area contributed by atoms with Crippen molar-refractivity contribution in [2.75, 3.05) is 5.32 Å². The van der Waals surface area contributed by atoms with Crippen LogP contribution in [0, 0.1) is 22.9 Å². The molecule has 1 aromatic heterocycles. The molecule has 0 bridgehead atoms. The summed E-state index contributed by atoms with van der Waals surface area (Å²) in [5.41, 5.74) is -0.626. The third-order valence-corrected chi connectivity index (χ3v) is 3.72. The highest BCUT2D eigenvalue weighted by Gasteiger charge is 2.19. The van der Waals surface area contributed by atoms with E-state index in [1.807, 2.05) is 6.07 Å². The topological polar surface area (TPSA) is 107 Å².